The molecule has 0 amide bonds. The molecule has 4 nitrogen and oxygen atoms in total. The molecule has 0 saturated carbocycles. The van der Waals surface area contributed by atoms with E-state index in [1.54, 1.807) is 10.7 Å². The highest BCUT2D eigenvalue weighted by Crippen LogP contribution is 2.25. The molecule has 1 aromatic heterocycles. The van der Waals surface area contributed by atoms with E-state index in [1.807, 2.05) is 18.3 Å². The third kappa shape index (κ3) is 3.93. The lowest BCUT2D eigenvalue weighted by Gasteiger charge is -2.05. The van der Waals surface area contributed by atoms with Crippen molar-refractivity contribution in [2.45, 2.75) is 33.0 Å². The normalized spacial score (nSPS) is 11.2. The van der Waals surface area contributed by atoms with Gasteiger partial charge in [-0.1, -0.05) is 54.4 Å². The molecule has 2 aromatic rings. The zero-order chi connectivity index (χ0) is 13.8. The largest absolute Gasteiger partial charge is 0.309 e. The van der Waals surface area contributed by atoms with Crippen LogP contribution >= 0.6 is 23.2 Å². The van der Waals surface area contributed by atoms with Crippen LogP contribution in [0.2, 0.25) is 10.0 Å². The molecule has 0 spiro atoms. The lowest BCUT2D eigenvalue weighted by Crippen LogP contribution is -2.21. The molecule has 0 radical (unpaired) electrons. The molecule has 0 atom stereocenters. The standard InChI is InChI=1S/C13H16Cl2N4/c1-9(2)16-6-11-8-19(18-17-11)7-10-4-3-5-12(14)13(10)15/h3-5,8-9,16H,6-7H2,1-2H3. The lowest BCUT2D eigenvalue weighted by atomic mass is 10.2. The van der Waals surface area contributed by atoms with E-state index in [-0.39, 0.29) is 0 Å². The van der Waals surface area contributed by atoms with Crippen LogP contribution in [0.25, 0.3) is 0 Å². The molecule has 2 rings (SSSR count). The fourth-order valence-electron chi connectivity index (χ4n) is 1.65. The van der Waals surface area contributed by atoms with E-state index >= 15 is 0 Å². The number of hydrogen-bond donors (Lipinski definition) is 1. The van der Waals surface area contributed by atoms with Gasteiger partial charge in [0.2, 0.25) is 0 Å². The van der Waals surface area contributed by atoms with Crippen LogP contribution in [0.15, 0.2) is 24.4 Å². The molecule has 0 aliphatic rings. The van der Waals surface area contributed by atoms with Crippen LogP contribution in [0.5, 0.6) is 0 Å². The first-order valence-electron chi connectivity index (χ1n) is 6.11. The van der Waals surface area contributed by atoms with Crippen LogP contribution in [0.4, 0.5) is 0 Å². The van der Waals surface area contributed by atoms with Crippen LogP contribution < -0.4 is 5.32 Å². The highest BCUT2D eigenvalue weighted by atomic mass is 35.5. The van der Waals surface area contributed by atoms with Gasteiger partial charge in [-0.25, -0.2) is 4.68 Å². The first-order chi connectivity index (χ1) is 9.06. The monoisotopic (exact) mass is 298 g/mol. The van der Waals surface area contributed by atoms with Gasteiger partial charge in [0.15, 0.2) is 0 Å². The summed E-state index contributed by atoms with van der Waals surface area (Å²) in [4.78, 5) is 0. The van der Waals surface area contributed by atoms with Crippen LogP contribution in [-0.2, 0) is 13.1 Å². The van der Waals surface area contributed by atoms with Crippen molar-refractivity contribution >= 4 is 23.2 Å². The zero-order valence-electron chi connectivity index (χ0n) is 10.9. The van der Waals surface area contributed by atoms with Crippen molar-refractivity contribution in [1.29, 1.82) is 0 Å². The van der Waals surface area contributed by atoms with Gasteiger partial charge in [-0.15, -0.1) is 5.10 Å². The zero-order valence-corrected chi connectivity index (χ0v) is 12.4. The second-order valence-electron chi connectivity index (χ2n) is 4.66. The minimum Gasteiger partial charge on any atom is -0.309 e. The first-order valence-corrected chi connectivity index (χ1v) is 6.87. The van der Waals surface area contributed by atoms with Gasteiger partial charge in [0.05, 0.1) is 28.5 Å². The Hall–Kier alpha value is -1.10. The first kappa shape index (κ1) is 14.3. The highest BCUT2D eigenvalue weighted by molar-refractivity contribution is 6.42. The fourth-order valence-corrected chi connectivity index (χ4v) is 2.03. The maximum Gasteiger partial charge on any atom is 0.0965 e. The van der Waals surface area contributed by atoms with Crippen LogP contribution in [0.3, 0.4) is 0 Å². The molecule has 102 valence electrons. The molecule has 0 saturated heterocycles. The summed E-state index contributed by atoms with van der Waals surface area (Å²) < 4.78 is 1.76. The van der Waals surface area contributed by atoms with E-state index in [2.05, 4.69) is 29.5 Å². The topological polar surface area (TPSA) is 42.7 Å². The Morgan fingerprint density at radius 1 is 1.32 bits per heavy atom. The van der Waals surface area contributed by atoms with E-state index in [1.165, 1.54) is 0 Å². The maximum atomic E-state index is 6.15. The number of nitrogens with zero attached hydrogens (tertiary/aromatic N) is 3. The predicted molar refractivity (Wildman–Crippen MR) is 77.6 cm³/mol. The summed E-state index contributed by atoms with van der Waals surface area (Å²) >= 11 is 12.1. The number of benzene rings is 1. The van der Waals surface area contributed by atoms with Gasteiger partial charge in [0.1, 0.15) is 0 Å². The number of aromatic nitrogens is 3. The third-order valence-corrected chi connectivity index (χ3v) is 3.50. The van der Waals surface area contributed by atoms with Crippen LogP contribution in [0.1, 0.15) is 25.1 Å². The Bertz CT molecular complexity index is 551. The molecule has 0 aliphatic carbocycles. The summed E-state index contributed by atoms with van der Waals surface area (Å²) in [5.74, 6) is 0. The summed E-state index contributed by atoms with van der Waals surface area (Å²) in [6.45, 7) is 5.46. The molecule has 6 heteroatoms. The van der Waals surface area contributed by atoms with Crippen LogP contribution in [0, 0.1) is 0 Å². The predicted octanol–water partition coefficient (Wildman–Crippen LogP) is 3.13. The van der Waals surface area contributed by atoms with Crippen molar-refractivity contribution in [3.8, 4) is 0 Å². The number of hydrogen-bond acceptors (Lipinski definition) is 3. The maximum absolute atomic E-state index is 6.15. The Kier molecular flexibility index (Phi) is 4.80. The van der Waals surface area contributed by atoms with E-state index in [4.69, 9.17) is 23.2 Å². The fraction of sp³-hybridized carbons (Fsp3) is 0.385. The Labute approximate surface area is 122 Å². The minimum atomic E-state index is 0.424. The molecule has 1 N–H and O–H groups in total. The van der Waals surface area contributed by atoms with Gasteiger partial charge < -0.3 is 5.32 Å². The SMILES string of the molecule is CC(C)NCc1cn(Cc2cccc(Cl)c2Cl)nn1. The average Bonchev–Trinajstić information content (AvgIpc) is 2.80. The summed E-state index contributed by atoms with van der Waals surface area (Å²) in [6.07, 6.45) is 1.91. The Morgan fingerprint density at radius 2 is 2.11 bits per heavy atom. The van der Waals surface area contributed by atoms with Gasteiger partial charge in [-0.2, -0.15) is 0 Å². The molecule has 19 heavy (non-hydrogen) atoms. The van der Waals surface area contributed by atoms with Crippen molar-refractivity contribution in [3.63, 3.8) is 0 Å². The van der Waals surface area contributed by atoms with Crippen molar-refractivity contribution in [2.24, 2.45) is 0 Å². The van der Waals surface area contributed by atoms with Crippen molar-refractivity contribution < 1.29 is 0 Å². The molecule has 0 unspecified atom stereocenters. The molecule has 0 aliphatic heterocycles. The summed E-state index contributed by atoms with van der Waals surface area (Å²) in [5.41, 5.74) is 1.84. The van der Waals surface area contributed by atoms with Gasteiger partial charge in [-0.3, -0.25) is 0 Å². The third-order valence-electron chi connectivity index (χ3n) is 2.64. The van der Waals surface area contributed by atoms with Gasteiger partial charge in [-0.05, 0) is 11.6 Å². The van der Waals surface area contributed by atoms with Crippen molar-refractivity contribution in [2.75, 3.05) is 0 Å². The lowest BCUT2D eigenvalue weighted by molar-refractivity contribution is 0.580. The Morgan fingerprint density at radius 3 is 2.84 bits per heavy atom. The Balaban J connectivity index is 2.05. The van der Waals surface area contributed by atoms with Gasteiger partial charge in [0, 0.05) is 12.6 Å². The summed E-state index contributed by atoms with van der Waals surface area (Å²) in [7, 11) is 0. The number of halogens is 2. The molecule has 1 heterocycles. The molecule has 0 fully saturated rings. The van der Waals surface area contributed by atoms with Gasteiger partial charge >= 0.3 is 0 Å². The molecule has 0 bridgehead atoms. The molecule has 1 aromatic carbocycles. The van der Waals surface area contributed by atoms with Gasteiger partial charge in [0.25, 0.3) is 0 Å². The minimum absolute atomic E-state index is 0.424. The summed E-state index contributed by atoms with van der Waals surface area (Å²) in [5, 5.41) is 12.6. The quantitative estimate of drug-likeness (QED) is 0.922. The molecular formula is C13H16Cl2N4. The van der Waals surface area contributed by atoms with E-state index in [9.17, 15) is 0 Å². The molecular weight excluding hydrogens is 283 g/mol. The highest BCUT2D eigenvalue weighted by Gasteiger charge is 2.07. The number of rotatable bonds is 5. The summed E-state index contributed by atoms with van der Waals surface area (Å²) in [6, 6.07) is 6.00. The van der Waals surface area contributed by atoms with E-state index in [0.717, 1.165) is 11.3 Å². The van der Waals surface area contributed by atoms with E-state index in [0.29, 0.717) is 29.2 Å². The van der Waals surface area contributed by atoms with E-state index < -0.39 is 0 Å². The second kappa shape index (κ2) is 6.37. The average molecular weight is 299 g/mol. The smallest absolute Gasteiger partial charge is 0.0965 e. The second-order valence-corrected chi connectivity index (χ2v) is 5.44. The van der Waals surface area contributed by atoms with Crippen LogP contribution in [-0.4, -0.2) is 21.0 Å². The van der Waals surface area contributed by atoms with Crippen molar-refractivity contribution in [3.05, 3.63) is 45.7 Å². The number of nitrogens with one attached hydrogen (secondary N) is 1. The van der Waals surface area contributed by atoms with Crippen molar-refractivity contribution in [1.82, 2.24) is 20.3 Å².